The number of hydrogen-bond acceptors (Lipinski definition) is 1. The van der Waals surface area contributed by atoms with Crippen molar-refractivity contribution in [3.8, 4) is 39.1 Å². The van der Waals surface area contributed by atoms with E-state index in [0.29, 0.717) is 5.92 Å². The van der Waals surface area contributed by atoms with Crippen molar-refractivity contribution in [3.05, 3.63) is 273 Å². The second-order valence-corrected chi connectivity index (χ2v) is 18.0. The third-order valence-electron chi connectivity index (χ3n) is 14.1. The van der Waals surface area contributed by atoms with Crippen molar-refractivity contribution in [1.82, 2.24) is 4.57 Å². The number of nitrogens with zero attached hydrogens (tertiary/aromatic N) is 2. The molecule has 1 aromatic heterocycles. The zero-order valence-electron chi connectivity index (χ0n) is 37.5. The van der Waals surface area contributed by atoms with E-state index in [-0.39, 0.29) is 5.92 Å². The second kappa shape index (κ2) is 16.6. The first-order valence-corrected chi connectivity index (χ1v) is 23.7. The molecule has 0 saturated carbocycles. The summed E-state index contributed by atoms with van der Waals surface area (Å²) in [6.07, 6.45) is 15.9. The molecule has 0 aliphatic heterocycles. The lowest BCUT2D eigenvalue weighted by atomic mass is 9.76. The number of allylic oxidation sites excluding steroid dienone is 8. The van der Waals surface area contributed by atoms with E-state index in [1.54, 1.807) is 0 Å². The maximum Gasteiger partial charge on any atom is 0.0619 e. The van der Waals surface area contributed by atoms with Crippen molar-refractivity contribution >= 4 is 66.0 Å². The molecule has 2 unspecified atom stereocenters. The van der Waals surface area contributed by atoms with Gasteiger partial charge in [-0.05, 0) is 98.3 Å². The Morgan fingerprint density at radius 1 is 0.368 bits per heavy atom. The average Bonchev–Trinajstić information content (AvgIpc) is 3.76. The maximum atomic E-state index is 2.51. The molecule has 0 fully saturated rings. The van der Waals surface area contributed by atoms with Gasteiger partial charge in [-0.25, -0.2) is 0 Å². The molecule has 0 spiro atoms. The summed E-state index contributed by atoms with van der Waals surface area (Å²) in [5, 5.41) is 7.42. The summed E-state index contributed by atoms with van der Waals surface area (Å²) in [4.78, 5) is 2.51. The minimum absolute atomic E-state index is 0.288. The SMILES string of the molecule is C1=CC2C=CC=C(c3ccc(N(c4cc(-c5ccccc5)cc(-c5cccc(-n6c7ccccc7c7ccc8ccccc8c76)c5)c4)c4ccccc4-c4ccccc4)c4ccccc34)C2C=C1. The first kappa shape index (κ1) is 39.6. The molecular weight excluding hydrogens is 821 g/mol. The molecule has 2 aliphatic rings. The zero-order chi connectivity index (χ0) is 45.0. The molecule has 68 heavy (non-hydrogen) atoms. The fraction of sp³-hybridized carbons (Fsp3) is 0.0303. The number of para-hydroxylation sites is 2. The van der Waals surface area contributed by atoms with E-state index in [0.717, 1.165) is 45.0 Å². The number of anilines is 3. The topological polar surface area (TPSA) is 8.17 Å². The number of benzene rings is 10. The van der Waals surface area contributed by atoms with Crippen LogP contribution in [0.15, 0.2) is 267 Å². The van der Waals surface area contributed by atoms with Crippen molar-refractivity contribution < 1.29 is 0 Å². The van der Waals surface area contributed by atoms with Crippen molar-refractivity contribution in [1.29, 1.82) is 0 Å². The van der Waals surface area contributed by atoms with Gasteiger partial charge in [0, 0.05) is 50.3 Å². The number of rotatable bonds is 8. The van der Waals surface area contributed by atoms with E-state index in [9.17, 15) is 0 Å². The van der Waals surface area contributed by atoms with Gasteiger partial charge < -0.3 is 9.47 Å². The Labute approximate surface area is 397 Å². The molecule has 11 aromatic rings. The Morgan fingerprint density at radius 3 is 1.88 bits per heavy atom. The first-order valence-electron chi connectivity index (χ1n) is 23.7. The predicted octanol–water partition coefficient (Wildman–Crippen LogP) is 17.9. The van der Waals surface area contributed by atoms with Crippen LogP contribution in [0.1, 0.15) is 5.56 Å². The third-order valence-corrected chi connectivity index (χ3v) is 14.1. The molecule has 0 radical (unpaired) electrons. The van der Waals surface area contributed by atoms with Gasteiger partial charge in [0.1, 0.15) is 0 Å². The molecule has 2 heteroatoms. The van der Waals surface area contributed by atoms with Crippen LogP contribution in [-0.2, 0) is 0 Å². The summed E-state index contributed by atoms with van der Waals surface area (Å²) >= 11 is 0. The number of fused-ring (bicyclic) bond motifs is 7. The van der Waals surface area contributed by atoms with Gasteiger partial charge in [-0.1, -0.05) is 218 Å². The van der Waals surface area contributed by atoms with Crippen LogP contribution in [0.4, 0.5) is 17.1 Å². The van der Waals surface area contributed by atoms with Crippen LogP contribution in [0, 0.1) is 11.8 Å². The van der Waals surface area contributed by atoms with Crippen molar-refractivity contribution in [3.63, 3.8) is 0 Å². The summed E-state index contributed by atoms with van der Waals surface area (Å²) in [5.74, 6) is 0.635. The van der Waals surface area contributed by atoms with Crippen LogP contribution < -0.4 is 4.90 Å². The van der Waals surface area contributed by atoms with Crippen LogP contribution in [-0.4, -0.2) is 4.57 Å². The smallest absolute Gasteiger partial charge is 0.0619 e. The highest BCUT2D eigenvalue weighted by atomic mass is 15.1. The highest BCUT2D eigenvalue weighted by molar-refractivity contribution is 6.18. The molecule has 10 aromatic carbocycles. The number of aromatic nitrogens is 1. The second-order valence-electron chi connectivity index (χ2n) is 18.0. The van der Waals surface area contributed by atoms with Gasteiger partial charge in [0.05, 0.1) is 22.4 Å². The molecule has 2 aliphatic carbocycles. The highest BCUT2D eigenvalue weighted by Gasteiger charge is 2.27. The van der Waals surface area contributed by atoms with Crippen molar-refractivity contribution in [2.24, 2.45) is 11.8 Å². The minimum Gasteiger partial charge on any atom is -0.309 e. The average molecular weight is 867 g/mol. The Kier molecular flexibility index (Phi) is 9.68. The predicted molar refractivity (Wildman–Crippen MR) is 289 cm³/mol. The van der Waals surface area contributed by atoms with E-state index in [4.69, 9.17) is 0 Å². The Bertz CT molecular complexity index is 3870. The van der Waals surface area contributed by atoms with Gasteiger partial charge in [-0.3, -0.25) is 0 Å². The summed E-state index contributed by atoms with van der Waals surface area (Å²) in [5.41, 5.74) is 16.4. The maximum absolute atomic E-state index is 2.51. The lowest BCUT2D eigenvalue weighted by molar-refractivity contribution is 0.678. The van der Waals surface area contributed by atoms with Crippen molar-refractivity contribution in [2.75, 3.05) is 4.90 Å². The fourth-order valence-corrected chi connectivity index (χ4v) is 11.0. The van der Waals surface area contributed by atoms with Gasteiger partial charge >= 0.3 is 0 Å². The van der Waals surface area contributed by atoms with E-state index in [1.165, 1.54) is 65.6 Å². The molecule has 0 amide bonds. The third kappa shape index (κ3) is 6.72. The first-order chi connectivity index (χ1) is 33.7. The monoisotopic (exact) mass is 866 g/mol. The molecule has 2 atom stereocenters. The van der Waals surface area contributed by atoms with Crippen LogP contribution in [0.25, 0.3) is 88.0 Å². The molecular formula is C66H46N2. The molecule has 0 saturated heterocycles. The van der Waals surface area contributed by atoms with Crippen LogP contribution in [0.3, 0.4) is 0 Å². The summed E-state index contributed by atoms with van der Waals surface area (Å²) < 4.78 is 2.47. The molecule has 2 nitrogen and oxygen atoms in total. The summed E-state index contributed by atoms with van der Waals surface area (Å²) in [7, 11) is 0. The number of hydrogen-bond donors (Lipinski definition) is 0. The van der Waals surface area contributed by atoms with Gasteiger partial charge in [0.15, 0.2) is 0 Å². The van der Waals surface area contributed by atoms with Gasteiger partial charge in [-0.15, -0.1) is 0 Å². The highest BCUT2D eigenvalue weighted by Crippen LogP contribution is 2.48. The summed E-state index contributed by atoms with van der Waals surface area (Å²) in [6, 6.07) is 82.6. The largest absolute Gasteiger partial charge is 0.309 e. The molecule has 0 N–H and O–H groups in total. The quantitative estimate of drug-likeness (QED) is 0.148. The minimum atomic E-state index is 0.288. The Balaban J connectivity index is 1.05. The normalized spacial score (nSPS) is 15.3. The van der Waals surface area contributed by atoms with Crippen LogP contribution >= 0.6 is 0 Å². The van der Waals surface area contributed by atoms with E-state index in [2.05, 4.69) is 276 Å². The molecule has 0 bridgehead atoms. The zero-order valence-corrected chi connectivity index (χ0v) is 37.5. The van der Waals surface area contributed by atoms with Crippen molar-refractivity contribution in [2.45, 2.75) is 0 Å². The van der Waals surface area contributed by atoms with Gasteiger partial charge in [-0.2, -0.15) is 0 Å². The Hall–Kier alpha value is -8.72. The fourth-order valence-electron chi connectivity index (χ4n) is 11.0. The van der Waals surface area contributed by atoms with Gasteiger partial charge in [0.2, 0.25) is 0 Å². The van der Waals surface area contributed by atoms with Crippen LogP contribution in [0.5, 0.6) is 0 Å². The Morgan fingerprint density at radius 2 is 1.03 bits per heavy atom. The molecule has 13 rings (SSSR count). The lowest BCUT2D eigenvalue weighted by Crippen LogP contribution is -2.16. The van der Waals surface area contributed by atoms with E-state index < -0.39 is 0 Å². The van der Waals surface area contributed by atoms with Gasteiger partial charge in [0.25, 0.3) is 0 Å². The van der Waals surface area contributed by atoms with Crippen LogP contribution in [0.2, 0.25) is 0 Å². The molecule has 1 heterocycles. The van der Waals surface area contributed by atoms with E-state index in [1.807, 2.05) is 0 Å². The standard InChI is InChI=1S/C66H46N2/c1-3-19-45(20-4-1)50-41-51(49-26-17-27-52(42-49)68-64-36-16-14-33-61(64)62-38-37-48-24-8-10-30-56(48)66(62)68)44-53(43-50)67(63-35-15-13-29-55(63)47-21-5-2-6-22-47)65-40-39-59(58-31-11-12-32-60(58)65)57-34-18-25-46-23-7-9-28-54(46)57/h1-44,46,54H. The molecule has 320 valence electrons. The van der Waals surface area contributed by atoms with E-state index >= 15 is 0 Å². The lowest BCUT2D eigenvalue weighted by Gasteiger charge is -2.32. The summed E-state index contributed by atoms with van der Waals surface area (Å²) in [6.45, 7) is 0.